The second-order valence-electron chi connectivity index (χ2n) is 6.67. The van der Waals surface area contributed by atoms with Gasteiger partial charge in [-0.05, 0) is 54.6 Å². The molecule has 0 saturated heterocycles. The van der Waals surface area contributed by atoms with E-state index in [1.807, 2.05) is 0 Å². The van der Waals surface area contributed by atoms with Crippen LogP contribution in [0.4, 0.5) is 30.5 Å². The Bertz CT molecular complexity index is 1390. The summed E-state index contributed by atoms with van der Waals surface area (Å²) in [5.74, 6) is -0.187. The van der Waals surface area contributed by atoms with Crippen LogP contribution in [0.2, 0.25) is 0 Å². The van der Waals surface area contributed by atoms with Crippen molar-refractivity contribution in [1.29, 1.82) is 0 Å². The quantitative estimate of drug-likeness (QED) is 0.338. The van der Waals surface area contributed by atoms with Crippen LogP contribution >= 0.6 is 15.9 Å². The van der Waals surface area contributed by atoms with Gasteiger partial charge in [0.1, 0.15) is 0 Å². The summed E-state index contributed by atoms with van der Waals surface area (Å²) in [5.41, 5.74) is 0.0749. The van der Waals surface area contributed by atoms with Gasteiger partial charge in [-0.1, -0.05) is 34.1 Å². The van der Waals surface area contributed by atoms with E-state index in [2.05, 4.69) is 35.9 Å². The standard InChI is InChI=1S/C21H14BrF3N4O2S/c22-14-8-10-16(11-9-14)32(30,31)29-20-19(27-17-6-1-2-7-18(17)28-20)26-15-5-3-4-13(12-15)21(23,24)25/h1-12H,(H,26,27)(H,28,29). The molecule has 0 amide bonds. The Morgan fingerprint density at radius 2 is 1.44 bits per heavy atom. The first-order valence-electron chi connectivity index (χ1n) is 9.11. The molecular weight excluding hydrogens is 509 g/mol. The van der Waals surface area contributed by atoms with Crippen molar-refractivity contribution in [3.05, 3.63) is 82.8 Å². The van der Waals surface area contributed by atoms with Gasteiger partial charge in [-0.15, -0.1) is 0 Å². The second-order valence-corrected chi connectivity index (χ2v) is 9.27. The lowest BCUT2D eigenvalue weighted by molar-refractivity contribution is -0.137. The summed E-state index contributed by atoms with van der Waals surface area (Å²) in [6, 6.07) is 17.2. The second kappa shape index (κ2) is 8.40. The maximum Gasteiger partial charge on any atom is 0.416 e. The zero-order chi connectivity index (χ0) is 22.9. The smallest absolute Gasteiger partial charge is 0.337 e. The van der Waals surface area contributed by atoms with Gasteiger partial charge in [0, 0.05) is 10.2 Å². The molecule has 0 unspecified atom stereocenters. The fraction of sp³-hybridized carbons (Fsp3) is 0.0476. The maximum atomic E-state index is 13.1. The Labute approximate surface area is 189 Å². The highest BCUT2D eigenvalue weighted by atomic mass is 79.9. The lowest BCUT2D eigenvalue weighted by Crippen LogP contribution is -2.16. The van der Waals surface area contributed by atoms with Crippen molar-refractivity contribution in [3.63, 3.8) is 0 Å². The number of fused-ring (bicyclic) bond motifs is 1. The van der Waals surface area contributed by atoms with E-state index in [1.54, 1.807) is 36.4 Å². The predicted molar refractivity (Wildman–Crippen MR) is 119 cm³/mol. The molecule has 0 fully saturated rings. The van der Waals surface area contributed by atoms with E-state index >= 15 is 0 Å². The lowest BCUT2D eigenvalue weighted by atomic mass is 10.2. The molecule has 1 aromatic heterocycles. The van der Waals surface area contributed by atoms with Gasteiger partial charge in [0.05, 0.1) is 21.5 Å². The number of hydrogen-bond acceptors (Lipinski definition) is 5. The topological polar surface area (TPSA) is 84.0 Å². The zero-order valence-electron chi connectivity index (χ0n) is 16.1. The minimum Gasteiger partial charge on any atom is -0.337 e. The van der Waals surface area contributed by atoms with Crippen LogP contribution in [-0.2, 0) is 16.2 Å². The molecule has 0 aliphatic carbocycles. The molecular formula is C21H14BrF3N4O2S. The van der Waals surface area contributed by atoms with Crippen LogP contribution in [0.15, 0.2) is 82.2 Å². The van der Waals surface area contributed by atoms with E-state index in [0.29, 0.717) is 15.5 Å². The molecule has 0 spiro atoms. The van der Waals surface area contributed by atoms with Crippen LogP contribution in [-0.4, -0.2) is 18.4 Å². The average molecular weight is 523 g/mol. The highest BCUT2D eigenvalue weighted by Gasteiger charge is 2.30. The normalized spacial score (nSPS) is 12.0. The number of sulfonamides is 1. The SMILES string of the molecule is O=S(=O)(Nc1nc2ccccc2nc1Nc1cccc(C(F)(F)F)c1)c1ccc(Br)cc1. The first-order valence-corrected chi connectivity index (χ1v) is 11.4. The molecule has 2 N–H and O–H groups in total. The van der Waals surface area contributed by atoms with Gasteiger partial charge in [0.15, 0.2) is 11.6 Å². The molecule has 0 atom stereocenters. The molecule has 4 rings (SSSR count). The number of anilines is 3. The molecule has 11 heteroatoms. The highest BCUT2D eigenvalue weighted by molar-refractivity contribution is 9.10. The summed E-state index contributed by atoms with van der Waals surface area (Å²) >= 11 is 3.25. The van der Waals surface area contributed by atoms with E-state index in [4.69, 9.17) is 0 Å². The Balaban J connectivity index is 1.77. The van der Waals surface area contributed by atoms with Gasteiger partial charge in [0.25, 0.3) is 10.0 Å². The maximum absolute atomic E-state index is 13.1. The Morgan fingerprint density at radius 1 is 0.812 bits per heavy atom. The van der Waals surface area contributed by atoms with Gasteiger partial charge >= 0.3 is 6.18 Å². The van der Waals surface area contributed by atoms with Gasteiger partial charge in [-0.25, -0.2) is 18.4 Å². The van der Waals surface area contributed by atoms with Crippen LogP contribution in [0.1, 0.15) is 5.56 Å². The molecule has 164 valence electrons. The van der Waals surface area contributed by atoms with Crippen molar-refractivity contribution in [3.8, 4) is 0 Å². The minimum absolute atomic E-state index is 0.0133. The number of nitrogens with zero attached hydrogens (tertiary/aromatic N) is 2. The molecule has 4 aromatic rings. The Hall–Kier alpha value is -3.18. The number of hydrogen-bond donors (Lipinski definition) is 2. The number of alkyl halides is 3. The van der Waals surface area contributed by atoms with Gasteiger partial charge in [-0.3, -0.25) is 4.72 Å². The Kier molecular flexibility index (Phi) is 5.78. The van der Waals surface area contributed by atoms with Crippen molar-refractivity contribution in [2.75, 3.05) is 10.0 Å². The fourth-order valence-corrected chi connectivity index (χ4v) is 4.14. The summed E-state index contributed by atoms with van der Waals surface area (Å²) in [4.78, 5) is 8.68. The van der Waals surface area contributed by atoms with E-state index in [-0.39, 0.29) is 22.2 Å². The monoisotopic (exact) mass is 522 g/mol. The first kappa shape index (κ1) is 22.0. The summed E-state index contributed by atoms with van der Waals surface area (Å²) in [5, 5.41) is 2.75. The van der Waals surface area contributed by atoms with E-state index in [0.717, 1.165) is 12.1 Å². The van der Waals surface area contributed by atoms with Crippen molar-refractivity contribution in [2.24, 2.45) is 0 Å². The number of aromatic nitrogens is 2. The molecule has 1 heterocycles. The van der Waals surface area contributed by atoms with Crippen LogP contribution in [0.3, 0.4) is 0 Å². The molecule has 32 heavy (non-hydrogen) atoms. The average Bonchev–Trinajstić information content (AvgIpc) is 2.74. The third kappa shape index (κ3) is 4.83. The number of benzene rings is 3. The summed E-state index contributed by atoms with van der Waals surface area (Å²) in [6.45, 7) is 0. The van der Waals surface area contributed by atoms with E-state index < -0.39 is 21.8 Å². The third-order valence-electron chi connectivity index (χ3n) is 4.38. The highest BCUT2D eigenvalue weighted by Crippen LogP contribution is 2.33. The first-order chi connectivity index (χ1) is 15.1. The van der Waals surface area contributed by atoms with Crippen LogP contribution in [0.25, 0.3) is 11.0 Å². The van der Waals surface area contributed by atoms with Crippen LogP contribution < -0.4 is 10.0 Å². The molecule has 6 nitrogen and oxygen atoms in total. The fourth-order valence-electron chi connectivity index (χ4n) is 2.87. The summed E-state index contributed by atoms with van der Waals surface area (Å²) in [7, 11) is -4.04. The summed E-state index contributed by atoms with van der Waals surface area (Å²) in [6.07, 6.45) is -4.53. The van der Waals surface area contributed by atoms with Crippen molar-refractivity contribution in [1.82, 2.24) is 9.97 Å². The van der Waals surface area contributed by atoms with E-state index in [9.17, 15) is 21.6 Å². The molecule has 0 saturated carbocycles. The number of halogens is 4. The molecule has 0 bridgehead atoms. The molecule has 0 aliphatic heterocycles. The molecule has 3 aromatic carbocycles. The van der Waals surface area contributed by atoms with Crippen LogP contribution in [0.5, 0.6) is 0 Å². The largest absolute Gasteiger partial charge is 0.416 e. The van der Waals surface area contributed by atoms with Gasteiger partial charge < -0.3 is 5.32 Å². The van der Waals surface area contributed by atoms with Crippen LogP contribution in [0, 0.1) is 0 Å². The minimum atomic E-state index is -4.53. The van der Waals surface area contributed by atoms with Gasteiger partial charge in [0.2, 0.25) is 0 Å². The van der Waals surface area contributed by atoms with Crippen molar-refractivity contribution in [2.45, 2.75) is 11.1 Å². The van der Waals surface area contributed by atoms with Gasteiger partial charge in [-0.2, -0.15) is 13.2 Å². The molecule has 0 radical (unpaired) electrons. The summed E-state index contributed by atoms with van der Waals surface area (Å²) < 4.78 is 68.1. The number of rotatable bonds is 5. The lowest BCUT2D eigenvalue weighted by Gasteiger charge is -2.15. The predicted octanol–water partition coefficient (Wildman–Crippen LogP) is 5.96. The van der Waals surface area contributed by atoms with E-state index in [1.165, 1.54) is 24.3 Å². The zero-order valence-corrected chi connectivity index (χ0v) is 18.5. The Morgan fingerprint density at radius 3 is 2.06 bits per heavy atom. The third-order valence-corrected chi connectivity index (χ3v) is 6.26. The molecule has 0 aliphatic rings. The number of para-hydroxylation sites is 2. The van der Waals surface area contributed by atoms with Crippen molar-refractivity contribution >= 4 is 54.3 Å². The number of nitrogens with one attached hydrogen (secondary N) is 2. The van der Waals surface area contributed by atoms with Crippen molar-refractivity contribution < 1.29 is 21.6 Å².